The van der Waals surface area contributed by atoms with Crippen molar-refractivity contribution in [3.63, 3.8) is 0 Å². The van der Waals surface area contributed by atoms with E-state index in [0.717, 1.165) is 73.1 Å². The SMILES string of the molecule is COc1ccc(C2=CN3C(=O)c4cc(OC)c(OCCCCCOc5cc6c(cc5OC)C(=O)N5CC7(CC7)C[C@H]5CC6)cc4N=C[C@@H]3C2)cc1. The molecule has 0 N–H and O–H groups in total. The summed E-state index contributed by atoms with van der Waals surface area (Å²) in [5.41, 5.74) is 5.39. The van der Waals surface area contributed by atoms with Crippen LogP contribution in [0.25, 0.3) is 5.57 Å². The molecule has 3 aromatic carbocycles. The maximum absolute atomic E-state index is 13.7. The van der Waals surface area contributed by atoms with Gasteiger partial charge in [-0.15, -0.1) is 0 Å². The number of benzene rings is 3. The highest BCUT2D eigenvalue weighted by Crippen LogP contribution is 2.56. The molecule has 51 heavy (non-hydrogen) atoms. The van der Waals surface area contributed by atoms with E-state index in [4.69, 9.17) is 28.7 Å². The number of carbonyl (C=O) groups is 2. The Kier molecular flexibility index (Phi) is 8.86. The Bertz CT molecular complexity index is 1900. The van der Waals surface area contributed by atoms with Crippen molar-refractivity contribution in [2.75, 3.05) is 41.1 Å². The van der Waals surface area contributed by atoms with E-state index < -0.39 is 0 Å². The van der Waals surface area contributed by atoms with Gasteiger partial charge in [-0.2, -0.15) is 0 Å². The fraction of sp³-hybridized carbons (Fsp3) is 0.439. The highest BCUT2D eigenvalue weighted by Gasteiger charge is 2.53. The number of carbonyl (C=O) groups excluding carboxylic acids is 2. The number of aryl methyl sites for hydroxylation is 1. The number of rotatable bonds is 12. The predicted octanol–water partition coefficient (Wildman–Crippen LogP) is 7.25. The van der Waals surface area contributed by atoms with Crippen molar-refractivity contribution < 1.29 is 33.3 Å². The van der Waals surface area contributed by atoms with E-state index in [1.54, 1.807) is 38.4 Å². The van der Waals surface area contributed by atoms with E-state index in [0.29, 0.717) is 65.3 Å². The van der Waals surface area contributed by atoms with Crippen LogP contribution in [-0.4, -0.2) is 81.0 Å². The number of aliphatic imine (C=N–C) groups is 1. The molecule has 2 atom stereocenters. The average molecular weight is 692 g/mol. The van der Waals surface area contributed by atoms with Crippen LogP contribution in [0.1, 0.15) is 83.2 Å². The molecule has 266 valence electrons. The van der Waals surface area contributed by atoms with E-state index in [9.17, 15) is 9.59 Å². The van der Waals surface area contributed by atoms with E-state index >= 15 is 0 Å². The van der Waals surface area contributed by atoms with Crippen molar-refractivity contribution in [1.29, 1.82) is 0 Å². The molecule has 10 heteroatoms. The van der Waals surface area contributed by atoms with Gasteiger partial charge >= 0.3 is 0 Å². The molecule has 3 aromatic rings. The van der Waals surface area contributed by atoms with Gasteiger partial charge in [-0.25, -0.2) is 0 Å². The molecule has 1 aliphatic carbocycles. The minimum atomic E-state index is -0.166. The van der Waals surface area contributed by atoms with Crippen LogP contribution in [0.2, 0.25) is 0 Å². The van der Waals surface area contributed by atoms with Crippen LogP contribution >= 0.6 is 0 Å². The quantitative estimate of drug-likeness (QED) is 0.185. The van der Waals surface area contributed by atoms with Crippen molar-refractivity contribution in [3.05, 3.63) is 77.0 Å². The molecular formula is C41H45N3O7. The Hall–Kier alpha value is -4.99. The van der Waals surface area contributed by atoms with Crippen LogP contribution in [0.15, 0.2) is 59.7 Å². The lowest BCUT2D eigenvalue weighted by atomic mass is 9.97. The Balaban J connectivity index is 0.845. The topological polar surface area (TPSA) is 99.1 Å². The molecule has 4 aliphatic heterocycles. The summed E-state index contributed by atoms with van der Waals surface area (Å²) in [6, 6.07) is 15.5. The van der Waals surface area contributed by atoms with Gasteiger partial charge in [0.1, 0.15) is 5.75 Å². The largest absolute Gasteiger partial charge is 0.497 e. The van der Waals surface area contributed by atoms with Gasteiger partial charge in [-0.1, -0.05) is 12.1 Å². The third-order valence-corrected chi connectivity index (χ3v) is 11.2. The Morgan fingerprint density at radius 3 is 2.20 bits per heavy atom. The second-order valence-corrected chi connectivity index (χ2v) is 14.4. The van der Waals surface area contributed by atoms with E-state index in [1.165, 1.54) is 12.8 Å². The number of nitrogens with zero attached hydrogens (tertiary/aromatic N) is 3. The summed E-state index contributed by atoms with van der Waals surface area (Å²) in [4.78, 5) is 35.8. The smallest absolute Gasteiger partial charge is 0.260 e. The minimum absolute atomic E-state index is 0.120. The van der Waals surface area contributed by atoms with Crippen molar-refractivity contribution in [2.24, 2.45) is 10.4 Å². The molecule has 0 aromatic heterocycles. The molecule has 2 fully saturated rings. The van der Waals surface area contributed by atoms with Crippen LogP contribution in [-0.2, 0) is 6.42 Å². The van der Waals surface area contributed by atoms with Gasteiger partial charge in [-0.05, 0) is 104 Å². The number of hydrogen-bond donors (Lipinski definition) is 0. The molecule has 0 unspecified atom stereocenters. The van der Waals surface area contributed by atoms with Crippen LogP contribution in [0.5, 0.6) is 28.7 Å². The third kappa shape index (κ3) is 6.41. The maximum atomic E-state index is 13.7. The second kappa shape index (κ2) is 13.6. The standard InChI is InChI=1S/C41H45N3O7/c1-47-31-11-8-26(9-12-31)28-17-30-23-42-34-21-38(36(49-3)20-33(34)40(46)43(30)24-28)51-16-6-4-5-15-50-37-18-27-7-10-29-22-41(13-14-41)25-44(29)39(45)32(27)19-35(37)48-2/h8-9,11-12,18-21,23-24,29-30H,4-7,10,13-17,22,25H2,1-3H3/t29-,30+/m1/s1. The number of unbranched alkanes of at least 4 members (excludes halogenated alkanes) is 2. The molecule has 8 rings (SSSR count). The molecule has 4 heterocycles. The molecule has 1 spiro atoms. The van der Waals surface area contributed by atoms with E-state index in [2.05, 4.69) is 4.90 Å². The summed E-state index contributed by atoms with van der Waals surface area (Å²) in [7, 11) is 4.85. The lowest BCUT2D eigenvalue weighted by molar-refractivity contribution is 0.0733. The number of ether oxygens (including phenoxy) is 5. The van der Waals surface area contributed by atoms with Crippen LogP contribution in [0.4, 0.5) is 5.69 Å². The first-order valence-electron chi connectivity index (χ1n) is 18.1. The first-order chi connectivity index (χ1) is 24.9. The normalized spacial score (nSPS) is 20.9. The third-order valence-electron chi connectivity index (χ3n) is 11.2. The van der Waals surface area contributed by atoms with Gasteiger partial charge in [-0.3, -0.25) is 14.6 Å². The summed E-state index contributed by atoms with van der Waals surface area (Å²) >= 11 is 0. The Morgan fingerprint density at radius 2 is 1.51 bits per heavy atom. The zero-order chi connectivity index (χ0) is 35.1. The number of fused-ring (bicyclic) bond motifs is 4. The van der Waals surface area contributed by atoms with E-state index in [-0.39, 0.29) is 17.9 Å². The summed E-state index contributed by atoms with van der Waals surface area (Å²) in [5.74, 6) is 3.17. The zero-order valence-electron chi connectivity index (χ0n) is 29.6. The minimum Gasteiger partial charge on any atom is -0.497 e. The average Bonchev–Trinajstić information content (AvgIpc) is 3.69. The van der Waals surface area contributed by atoms with Crippen LogP contribution < -0.4 is 23.7 Å². The molecule has 0 bridgehead atoms. The van der Waals surface area contributed by atoms with Crippen molar-refractivity contribution >= 4 is 29.3 Å². The highest BCUT2D eigenvalue weighted by molar-refractivity contribution is 6.05. The molecule has 1 saturated heterocycles. The lowest BCUT2D eigenvalue weighted by Crippen LogP contribution is -2.34. The van der Waals surface area contributed by atoms with Gasteiger partial charge in [0, 0.05) is 43.1 Å². The first kappa shape index (κ1) is 33.2. The fourth-order valence-corrected chi connectivity index (χ4v) is 8.08. The Labute approximate surface area is 299 Å². The molecular weight excluding hydrogens is 646 g/mol. The molecule has 5 aliphatic rings. The molecule has 0 radical (unpaired) electrons. The number of methoxy groups -OCH3 is 3. The van der Waals surface area contributed by atoms with Crippen molar-refractivity contribution in [2.45, 2.75) is 69.9 Å². The van der Waals surface area contributed by atoms with Gasteiger partial charge in [0.2, 0.25) is 0 Å². The lowest BCUT2D eigenvalue weighted by Gasteiger charge is -2.22. The summed E-state index contributed by atoms with van der Waals surface area (Å²) in [6.07, 6.45) is 12.5. The second-order valence-electron chi connectivity index (χ2n) is 14.4. The van der Waals surface area contributed by atoms with Gasteiger partial charge in [0.25, 0.3) is 11.8 Å². The first-order valence-corrected chi connectivity index (χ1v) is 18.1. The van der Waals surface area contributed by atoms with Gasteiger partial charge in [0.15, 0.2) is 23.0 Å². The summed E-state index contributed by atoms with van der Waals surface area (Å²) in [6.45, 7) is 1.92. The van der Waals surface area contributed by atoms with E-state index in [1.807, 2.05) is 48.8 Å². The highest BCUT2D eigenvalue weighted by atomic mass is 16.5. The van der Waals surface area contributed by atoms with Crippen molar-refractivity contribution in [1.82, 2.24) is 9.80 Å². The van der Waals surface area contributed by atoms with Gasteiger partial charge in [0.05, 0.1) is 51.8 Å². The molecule has 1 saturated carbocycles. The fourth-order valence-electron chi connectivity index (χ4n) is 8.08. The van der Waals surface area contributed by atoms with Crippen LogP contribution in [0, 0.1) is 5.41 Å². The van der Waals surface area contributed by atoms with Crippen molar-refractivity contribution in [3.8, 4) is 28.7 Å². The number of hydrogen-bond acceptors (Lipinski definition) is 8. The Morgan fingerprint density at radius 1 is 0.804 bits per heavy atom. The molecule has 2 amide bonds. The summed E-state index contributed by atoms with van der Waals surface area (Å²) < 4.78 is 28.9. The van der Waals surface area contributed by atoms with Crippen LogP contribution in [0.3, 0.4) is 0 Å². The number of amides is 2. The predicted molar refractivity (Wildman–Crippen MR) is 194 cm³/mol. The molecule has 10 nitrogen and oxygen atoms in total. The van der Waals surface area contributed by atoms with Gasteiger partial charge < -0.3 is 33.5 Å². The summed E-state index contributed by atoms with van der Waals surface area (Å²) in [5, 5.41) is 0. The zero-order valence-corrected chi connectivity index (χ0v) is 29.6. The maximum Gasteiger partial charge on any atom is 0.260 e. The monoisotopic (exact) mass is 691 g/mol.